The zero-order valence-electron chi connectivity index (χ0n) is 14.5. The molecule has 5 heteroatoms. The molecule has 0 unspecified atom stereocenters. The minimum absolute atomic E-state index is 0.00480. The first kappa shape index (κ1) is 18.9. The smallest absolute Gasteiger partial charge is 0.258 e. The van der Waals surface area contributed by atoms with E-state index in [1.54, 1.807) is 11.0 Å². The van der Waals surface area contributed by atoms with Crippen LogP contribution < -0.4 is 4.74 Å². The predicted molar refractivity (Wildman–Crippen MR) is 91.0 cm³/mol. The third-order valence-electron chi connectivity index (χ3n) is 3.60. The van der Waals surface area contributed by atoms with Crippen LogP contribution in [0.15, 0.2) is 12.1 Å². The summed E-state index contributed by atoms with van der Waals surface area (Å²) in [7, 11) is 1.51. The molecule has 0 saturated heterocycles. The van der Waals surface area contributed by atoms with E-state index in [0.717, 1.165) is 11.1 Å². The van der Waals surface area contributed by atoms with Gasteiger partial charge in [0.15, 0.2) is 13.1 Å². The molecular weight excluding hydrogens is 294 g/mol. The van der Waals surface area contributed by atoms with E-state index in [-0.39, 0.29) is 12.7 Å². The Labute approximate surface area is 137 Å². The maximum absolute atomic E-state index is 12.9. The summed E-state index contributed by atoms with van der Waals surface area (Å²) in [4.78, 5) is 26.0. The lowest BCUT2D eigenvalue weighted by Crippen LogP contribution is -2.32. The lowest BCUT2D eigenvalue weighted by atomic mass is 9.96. The van der Waals surface area contributed by atoms with Gasteiger partial charge < -0.3 is 14.4 Å². The summed E-state index contributed by atoms with van der Waals surface area (Å²) < 4.78 is 10.7. The summed E-state index contributed by atoms with van der Waals surface area (Å²) >= 11 is 0. The number of allylic oxidation sites excluding steroid dienone is 1. The minimum Gasteiger partial charge on any atom is -0.466 e. The number of methoxy groups -OCH3 is 1. The lowest BCUT2D eigenvalue weighted by Gasteiger charge is -2.23. The van der Waals surface area contributed by atoms with Gasteiger partial charge in [0.05, 0.1) is 5.56 Å². The Morgan fingerprint density at radius 1 is 1.30 bits per heavy atom. The Hall–Kier alpha value is -2.14. The second kappa shape index (κ2) is 9.10. The molecule has 0 spiro atoms. The molecule has 0 heterocycles. The molecule has 0 radical (unpaired) electrons. The molecule has 0 aliphatic carbocycles. The van der Waals surface area contributed by atoms with E-state index in [0.29, 0.717) is 36.3 Å². The Kier molecular flexibility index (Phi) is 7.48. The summed E-state index contributed by atoms with van der Waals surface area (Å²) in [6.45, 7) is 8.70. The zero-order valence-corrected chi connectivity index (χ0v) is 14.5. The Morgan fingerprint density at radius 2 is 1.96 bits per heavy atom. The molecule has 1 aromatic rings. The number of aldehydes is 1. The van der Waals surface area contributed by atoms with Crippen molar-refractivity contribution in [3.8, 4) is 5.75 Å². The van der Waals surface area contributed by atoms with Crippen molar-refractivity contribution in [3.05, 3.63) is 34.4 Å². The van der Waals surface area contributed by atoms with Gasteiger partial charge in [-0.15, -0.1) is 0 Å². The van der Waals surface area contributed by atoms with Crippen LogP contribution in [0.3, 0.4) is 0 Å². The Morgan fingerprint density at radius 3 is 2.43 bits per heavy atom. The quantitative estimate of drug-likeness (QED) is 0.545. The molecule has 0 aliphatic rings. The van der Waals surface area contributed by atoms with E-state index >= 15 is 0 Å². The standard InChI is InChI=1S/C18H25NO4/c1-6-9-15-13(4)10-14(11-20)16(17(15)23-12-22-5)18(21)19(7-2)8-3/h6,9-11H,7-8,12H2,1-5H3/b9-6+. The van der Waals surface area contributed by atoms with Crippen molar-refractivity contribution in [3.63, 3.8) is 0 Å². The van der Waals surface area contributed by atoms with Crippen molar-refractivity contribution in [2.75, 3.05) is 27.0 Å². The molecule has 0 bridgehead atoms. The number of hydrogen-bond acceptors (Lipinski definition) is 4. The third-order valence-corrected chi connectivity index (χ3v) is 3.60. The fraction of sp³-hybridized carbons (Fsp3) is 0.444. The van der Waals surface area contributed by atoms with E-state index in [9.17, 15) is 9.59 Å². The fourth-order valence-corrected chi connectivity index (χ4v) is 2.45. The average Bonchev–Trinajstić information content (AvgIpc) is 2.55. The molecule has 126 valence electrons. The number of carbonyl (C=O) groups is 2. The summed E-state index contributed by atoms with van der Waals surface area (Å²) in [6.07, 6.45) is 4.44. The highest BCUT2D eigenvalue weighted by molar-refractivity contribution is 6.05. The van der Waals surface area contributed by atoms with Crippen LogP contribution in [0.5, 0.6) is 5.75 Å². The number of ether oxygens (including phenoxy) is 2. The predicted octanol–water partition coefficient (Wildman–Crippen LogP) is 3.31. The van der Waals surface area contributed by atoms with E-state index in [1.165, 1.54) is 7.11 Å². The van der Waals surface area contributed by atoms with Crippen LogP contribution in [0.25, 0.3) is 6.08 Å². The molecule has 23 heavy (non-hydrogen) atoms. The van der Waals surface area contributed by atoms with Crippen LogP contribution in [0.4, 0.5) is 0 Å². The van der Waals surface area contributed by atoms with Gasteiger partial charge in [0.2, 0.25) is 0 Å². The summed E-state index contributed by atoms with van der Waals surface area (Å²) in [5, 5.41) is 0. The second-order valence-electron chi connectivity index (χ2n) is 5.05. The fourth-order valence-electron chi connectivity index (χ4n) is 2.45. The van der Waals surface area contributed by atoms with Crippen molar-refractivity contribution in [2.24, 2.45) is 0 Å². The number of rotatable bonds is 8. The van der Waals surface area contributed by atoms with Crippen LogP contribution in [0.2, 0.25) is 0 Å². The van der Waals surface area contributed by atoms with E-state index < -0.39 is 0 Å². The Balaban J connectivity index is 3.64. The van der Waals surface area contributed by atoms with E-state index in [1.807, 2.05) is 39.8 Å². The van der Waals surface area contributed by atoms with Crippen LogP contribution >= 0.6 is 0 Å². The molecule has 1 rings (SSSR count). The van der Waals surface area contributed by atoms with Gasteiger partial charge in [-0.05, 0) is 39.3 Å². The molecule has 1 amide bonds. The molecule has 0 saturated carbocycles. The highest BCUT2D eigenvalue weighted by Crippen LogP contribution is 2.32. The third kappa shape index (κ3) is 4.20. The molecule has 0 aliphatic heterocycles. The number of hydrogen-bond donors (Lipinski definition) is 0. The minimum atomic E-state index is -0.214. The first-order chi connectivity index (χ1) is 11.0. The van der Waals surface area contributed by atoms with Gasteiger partial charge in [-0.2, -0.15) is 0 Å². The van der Waals surface area contributed by atoms with Gasteiger partial charge in [-0.3, -0.25) is 9.59 Å². The van der Waals surface area contributed by atoms with Gasteiger partial charge >= 0.3 is 0 Å². The highest BCUT2D eigenvalue weighted by atomic mass is 16.7. The van der Waals surface area contributed by atoms with Crippen molar-refractivity contribution in [1.29, 1.82) is 0 Å². The number of carbonyl (C=O) groups excluding carboxylic acids is 2. The molecule has 0 atom stereocenters. The molecule has 0 aromatic heterocycles. The number of aryl methyl sites for hydroxylation is 1. The average molecular weight is 319 g/mol. The number of amides is 1. The first-order valence-electron chi connectivity index (χ1n) is 7.72. The largest absolute Gasteiger partial charge is 0.466 e. The summed E-state index contributed by atoms with van der Waals surface area (Å²) in [5.74, 6) is 0.179. The normalized spacial score (nSPS) is 10.8. The monoisotopic (exact) mass is 319 g/mol. The summed E-state index contributed by atoms with van der Waals surface area (Å²) in [5.41, 5.74) is 2.27. The maximum atomic E-state index is 12.9. The van der Waals surface area contributed by atoms with Crippen molar-refractivity contribution < 1.29 is 19.1 Å². The van der Waals surface area contributed by atoms with Crippen LogP contribution in [-0.4, -0.2) is 44.1 Å². The lowest BCUT2D eigenvalue weighted by molar-refractivity contribution is 0.0488. The van der Waals surface area contributed by atoms with Crippen LogP contribution in [-0.2, 0) is 4.74 Å². The summed E-state index contributed by atoms with van der Waals surface area (Å²) in [6, 6.07) is 1.72. The molecule has 0 fully saturated rings. The van der Waals surface area contributed by atoms with E-state index in [4.69, 9.17) is 9.47 Å². The van der Waals surface area contributed by atoms with Crippen LogP contribution in [0, 0.1) is 6.92 Å². The number of nitrogens with zero attached hydrogens (tertiary/aromatic N) is 1. The molecule has 5 nitrogen and oxygen atoms in total. The zero-order chi connectivity index (χ0) is 17.4. The van der Waals surface area contributed by atoms with Crippen molar-refractivity contribution >= 4 is 18.3 Å². The first-order valence-corrected chi connectivity index (χ1v) is 7.72. The van der Waals surface area contributed by atoms with Gasteiger partial charge in [0.1, 0.15) is 5.75 Å². The SMILES string of the molecule is C/C=C/c1c(C)cc(C=O)c(C(=O)N(CC)CC)c1OCOC. The molecule has 1 aromatic carbocycles. The van der Waals surface area contributed by atoms with Crippen molar-refractivity contribution in [1.82, 2.24) is 4.90 Å². The van der Waals surface area contributed by atoms with Crippen molar-refractivity contribution in [2.45, 2.75) is 27.7 Å². The van der Waals surface area contributed by atoms with Crippen LogP contribution in [0.1, 0.15) is 52.6 Å². The topological polar surface area (TPSA) is 55.8 Å². The van der Waals surface area contributed by atoms with Gasteiger partial charge in [0, 0.05) is 31.3 Å². The van der Waals surface area contributed by atoms with E-state index in [2.05, 4.69) is 0 Å². The van der Waals surface area contributed by atoms with Gasteiger partial charge in [0.25, 0.3) is 5.91 Å². The molecule has 0 N–H and O–H groups in total. The second-order valence-corrected chi connectivity index (χ2v) is 5.05. The van der Waals surface area contributed by atoms with Gasteiger partial charge in [-0.25, -0.2) is 0 Å². The molecular formula is C18H25NO4. The van der Waals surface area contributed by atoms with Gasteiger partial charge in [-0.1, -0.05) is 12.2 Å². The highest BCUT2D eigenvalue weighted by Gasteiger charge is 2.25. The Bertz CT molecular complexity index is 589. The maximum Gasteiger partial charge on any atom is 0.258 e. The number of benzene rings is 1.